The van der Waals surface area contributed by atoms with Gasteiger partial charge in [0.1, 0.15) is 0 Å². The van der Waals surface area contributed by atoms with E-state index in [2.05, 4.69) is 86.3 Å². The Morgan fingerprint density at radius 3 is 1.65 bits per heavy atom. The van der Waals surface area contributed by atoms with E-state index in [1.54, 1.807) is 10.8 Å². The van der Waals surface area contributed by atoms with Gasteiger partial charge in [-0.3, -0.25) is 4.90 Å². The highest BCUT2D eigenvalue weighted by Crippen LogP contribution is 2.22. The van der Waals surface area contributed by atoms with Gasteiger partial charge in [-0.15, -0.1) is 0 Å². The zero-order valence-corrected chi connectivity index (χ0v) is 16.9. The first-order valence-corrected chi connectivity index (χ1v) is 9.57. The molecule has 1 nitrogen and oxygen atoms in total. The zero-order valence-electron chi connectivity index (χ0n) is 14.9. The Kier molecular flexibility index (Phi) is 6.81. The molecule has 0 fully saturated rings. The van der Waals surface area contributed by atoms with Gasteiger partial charge < -0.3 is 0 Å². The summed E-state index contributed by atoms with van der Waals surface area (Å²) in [4.78, 5) is 2.63. The summed E-state index contributed by atoms with van der Waals surface area (Å²) in [5, 5.41) is 1.57. The average Bonchev–Trinajstić information content (AvgIpc) is 2.57. The smallest absolute Gasteiger partial charge is 0.0329 e. The van der Waals surface area contributed by atoms with E-state index in [1.165, 1.54) is 11.1 Å². The highest BCUT2D eigenvalue weighted by Gasteiger charge is 2.19. The quantitative estimate of drug-likeness (QED) is 0.693. The molecule has 23 heavy (non-hydrogen) atoms. The lowest BCUT2D eigenvalue weighted by Crippen LogP contribution is -2.35. The summed E-state index contributed by atoms with van der Waals surface area (Å²) in [6, 6.07) is 22.2. The van der Waals surface area contributed by atoms with Gasteiger partial charge in [-0.2, -0.15) is 0 Å². The van der Waals surface area contributed by atoms with E-state index < -0.39 is 0 Å². The van der Waals surface area contributed by atoms with Crippen molar-refractivity contribution in [2.24, 2.45) is 0 Å². The molecule has 0 radical (unpaired) electrons. The Balaban J connectivity index is 2.28. The van der Waals surface area contributed by atoms with Crippen LogP contribution in [0.4, 0.5) is 0 Å². The standard InChI is InChI=1S/C21H29NSi/c1-4-21(17(2)18(3)23)22(15-19-11-7-5-8-12-19)16-20-13-9-6-10-14-20/h5-14,21H,4,15-16H2,1-3,23H3. The predicted octanol–water partition coefficient (Wildman–Crippen LogP) is 4.13. The van der Waals surface area contributed by atoms with Gasteiger partial charge in [0, 0.05) is 29.4 Å². The monoisotopic (exact) mass is 323 g/mol. The summed E-state index contributed by atoms with van der Waals surface area (Å²) in [5.41, 5.74) is 4.34. The van der Waals surface area contributed by atoms with Crippen molar-refractivity contribution in [3.8, 4) is 0 Å². The molecule has 1 atom stereocenters. The molecule has 0 saturated carbocycles. The summed E-state index contributed by atoms with van der Waals surface area (Å²) in [6.45, 7) is 8.91. The first-order chi connectivity index (χ1) is 11.1. The maximum Gasteiger partial charge on any atom is 0.0329 e. The minimum absolute atomic E-state index is 0.521. The van der Waals surface area contributed by atoms with Crippen LogP contribution in [0, 0.1) is 0 Å². The lowest BCUT2D eigenvalue weighted by molar-refractivity contribution is 0.197. The maximum absolute atomic E-state index is 2.63. The molecule has 2 aromatic rings. The van der Waals surface area contributed by atoms with E-state index >= 15 is 0 Å². The van der Waals surface area contributed by atoms with Gasteiger partial charge in [0.15, 0.2) is 0 Å². The van der Waals surface area contributed by atoms with E-state index in [4.69, 9.17) is 0 Å². The van der Waals surface area contributed by atoms with Crippen LogP contribution in [0.1, 0.15) is 38.3 Å². The third-order valence-electron chi connectivity index (χ3n) is 4.57. The van der Waals surface area contributed by atoms with E-state index in [9.17, 15) is 0 Å². The number of nitrogens with zero attached hydrogens (tertiary/aromatic N) is 1. The molecular weight excluding hydrogens is 294 g/mol. The van der Waals surface area contributed by atoms with Crippen molar-refractivity contribution in [1.29, 1.82) is 0 Å². The topological polar surface area (TPSA) is 3.24 Å². The molecule has 0 saturated heterocycles. The lowest BCUT2D eigenvalue weighted by atomic mass is 10.0. The number of benzene rings is 2. The Labute approximate surface area is 144 Å². The van der Waals surface area contributed by atoms with Crippen molar-refractivity contribution in [2.75, 3.05) is 0 Å². The van der Waals surface area contributed by atoms with Gasteiger partial charge in [-0.1, -0.05) is 78.4 Å². The molecule has 2 rings (SSSR count). The molecule has 0 aromatic heterocycles. The minimum atomic E-state index is 0.521. The maximum atomic E-state index is 2.63. The first-order valence-electron chi connectivity index (χ1n) is 8.57. The van der Waals surface area contributed by atoms with Crippen LogP contribution in [-0.2, 0) is 13.1 Å². The second-order valence-corrected chi connectivity index (χ2v) is 7.98. The van der Waals surface area contributed by atoms with E-state index in [-0.39, 0.29) is 0 Å². The normalized spacial score (nSPS) is 13.9. The summed E-state index contributed by atoms with van der Waals surface area (Å²) in [6.07, 6.45) is 1.16. The van der Waals surface area contributed by atoms with E-state index in [1.807, 2.05) is 0 Å². The molecule has 1 unspecified atom stereocenters. The van der Waals surface area contributed by atoms with Crippen LogP contribution in [0.15, 0.2) is 71.4 Å². The molecule has 2 heteroatoms. The van der Waals surface area contributed by atoms with Gasteiger partial charge >= 0.3 is 0 Å². The van der Waals surface area contributed by atoms with Crippen LogP contribution in [0.25, 0.3) is 0 Å². The van der Waals surface area contributed by atoms with Crippen molar-refractivity contribution in [3.63, 3.8) is 0 Å². The lowest BCUT2D eigenvalue weighted by Gasteiger charge is -2.33. The molecule has 2 aromatic carbocycles. The van der Waals surface area contributed by atoms with Gasteiger partial charge in [0.05, 0.1) is 0 Å². The summed E-state index contributed by atoms with van der Waals surface area (Å²) < 4.78 is 0. The first kappa shape index (κ1) is 17.7. The molecule has 0 spiro atoms. The predicted molar refractivity (Wildman–Crippen MR) is 105 cm³/mol. The summed E-state index contributed by atoms with van der Waals surface area (Å²) >= 11 is 0. The van der Waals surface area contributed by atoms with Gasteiger partial charge in [0.25, 0.3) is 0 Å². The van der Waals surface area contributed by atoms with Crippen LogP contribution in [0.3, 0.4) is 0 Å². The fourth-order valence-electron chi connectivity index (χ4n) is 3.08. The molecule has 0 N–H and O–H groups in total. The van der Waals surface area contributed by atoms with Crippen LogP contribution >= 0.6 is 0 Å². The van der Waals surface area contributed by atoms with Crippen molar-refractivity contribution in [2.45, 2.75) is 46.3 Å². The summed E-state index contributed by atoms with van der Waals surface area (Å²) in [7, 11) is 1.15. The number of allylic oxidation sites excluding steroid dienone is 1. The molecule has 0 heterocycles. The Bertz CT molecular complexity index is 573. The fourth-order valence-corrected chi connectivity index (χ4v) is 3.42. The van der Waals surface area contributed by atoms with E-state index in [0.29, 0.717) is 6.04 Å². The second-order valence-electron chi connectivity index (χ2n) is 6.48. The molecule has 0 aliphatic rings. The van der Waals surface area contributed by atoms with Crippen molar-refractivity contribution in [3.05, 3.63) is 82.6 Å². The third kappa shape index (κ3) is 5.19. The Morgan fingerprint density at radius 1 is 0.870 bits per heavy atom. The number of hydrogen-bond acceptors (Lipinski definition) is 1. The van der Waals surface area contributed by atoms with Crippen molar-refractivity contribution in [1.82, 2.24) is 4.90 Å². The molecular formula is C21H29NSi. The molecule has 0 aliphatic carbocycles. The van der Waals surface area contributed by atoms with Crippen molar-refractivity contribution >= 4 is 10.2 Å². The molecule has 0 amide bonds. The van der Waals surface area contributed by atoms with Crippen LogP contribution in [-0.4, -0.2) is 21.2 Å². The Morgan fingerprint density at radius 2 is 1.30 bits per heavy atom. The fraction of sp³-hybridized carbons (Fsp3) is 0.333. The van der Waals surface area contributed by atoms with Crippen LogP contribution < -0.4 is 0 Å². The Hall–Kier alpha value is -1.64. The van der Waals surface area contributed by atoms with Gasteiger partial charge in [0.2, 0.25) is 0 Å². The number of hydrogen-bond donors (Lipinski definition) is 0. The largest absolute Gasteiger partial charge is 0.288 e. The molecule has 0 bridgehead atoms. The van der Waals surface area contributed by atoms with Gasteiger partial charge in [-0.05, 0) is 31.4 Å². The highest BCUT2D eigenvalue weighted by molar-refractivity contribution is 6.21. The van der Waals surface area contributed by atoms with Crippen LogP contribution in [0.5, 0.6) is 0 Å². The average molecular weight is 324 g/mol. The van der Waals surface area contributed by atoms with Gasteiger partial charge in [-0.25, -0.2) is 0 Å². The van der Waals surface area contributed by atoms with Crippen LogP contribution in [0.2, 0.25) is 0 Å². The molecule has 0 aliphatic heterocycles. The minimum Gasteiger partial charge on any atom is -0.288 e. The zero-order chi connectivity index (χ0) is 16.7. The molecule has 122 valence electrons. The SMILES string of the molecule is CCC(C(C)=C(C)[SiH3])N(Cc1ccccc1)Cc1ccccc1. The summed E-state index contributed by atoms with van der Waals surface area (Å²) in [5.74, 6) is 0. The second kappa shape index (κ2) is 8.85. The van der Waals surface area contributed by atoms with Crippen molar-refractivity contribution < 1.29 is 0 Å². The van der Waals surface area contributed by atoms with E-state index in [0.717, 1.165) is 29.8 Å². The highest BCUT2D eigenvalue weighted by atomic mass is 28.1. The number of rotatable bonds is 7. The third-order valence-corrected chi connectivity index (χ3v) is 5.36.